The van der Waals surface area contributed by atoms with Gasteiger partial charge in [0.2, 0.25) is 5.91 Å². The largest absolute Gasteiger partial charge is 0.309 e. The van der Waals surface area contributed by atoms with E-state index in [9.17, 15) is 4.79 Å². The van der Waals surface area contributed by atoms with Gasteiger partial charge in [-0.1, -0.05) is 11.6 Å². The first-order valence-electron chi connectivity index (χ1n) is 8.06. The molecule has 0 radical (unpaired) electrons. The maximum Gasteiger partial charge on any atom is 0.227 e. The fourth-order valence-corrected chi connectivity index (χ4v) is 2.87. The summed E-state index contributed by atoms with van der Waals surface area (Å²) in [6, 6.07) is 11.1. The molecule has 0 aliphatic rings. The predicted molar refractivity (Wildman–Crippen MR) is 99.8 cm³/mol. The van der Waals surface area contributed by atoms with Crippen LogP contribution >= 0.6 is 11.6 Å². The molecule has 7 nitrogen and oxygen atoms in total. The van der Waals surface area contributed by atoms with Crippen molar-refractivity contribution in [3.8, 4) is 11.3 Å². The molecule has 0 spiro atoms. The highest BCUT2D eigenvalue weighted by Crippen LogP contribution is 2.20. The number of rotatable bonds is 5. The van der Waals surface area contributed by atoms with Gasteiger partial charge in [-0.25, -0.2) is 0 Å². The molecule has 2 N–H and O–H groups in total. The molecule has 1 amide bonds. The number of nitrogens with one attached hydrogen (secondary N) is 2. The van der Waals surface area contributed by atoms with Crippen LogP contribution in [0.1, 0.15) is 6.42 Å². The van der Waals surface area contributed by atoms with Gasteiger partial charge >= 0.3 is 0 Å². The summed E-state index contributed by atoms with van der Waals surface area (Å²) in [6.07, 6.45) is 5.45. The summed E-state index contributed by atoms with van der Waals surface area (Å²) in [5.41, 5.74) is 2.67. The third-order valence-electron chi connectivity index (χ3n) is 3.99. The molecule has 0 saturated heterocycles. The number of pyridine rings is 1. The number of benzene rings is 1. The lowest BCUT2D eigenvalue weighted by Crippen LogP contribution is -2.15. The second-order valence-corrected chi connectivity index (χ2v) is 6.21. The van der Waals surface area contributed by atoms with Crippen LogP contribution in [-0.4, -0.2) is 30.9 Å². The second-order valence-electron chi connectivity index (χ2n) is 5.77. The topological polar surface area (TPSA) is 88.5 Å². The summed E-state index contributed by atoms with van der Waals surface area (Å²) in [6.45, 7) is 0.456. The Bertz CT molecular complexity index is 1060. The van der Waals surface area contributed by atoms with E-state index in [0.29, 0.717) is 17.4 Å². The summed E-state index contributed by atoms with van der Waals surface area (Å²) >= 11 is 6.03. The first-order chi connectivity index (χ1) is 12.7. The molecule has 130 valence electrons. The van der Waals surface area contributed by atoms with Gasteiger partial charge in [0.15, 0.2) is 5.82 Å². The van der Waals surface area contributed by atoms with Crippen molar-refractivity contribution in [2.75, 3.05) is 5.32 Å². The number of halogens is 1. The molecule has 1 aromatic carbocycles. The second kappa shape index (κ2) is 6.97. The number of aromatic nitrogens is 5. The van der Waals surface area contributed by atoms with E-state index in [1.54, 1.807) is 29.3 Å². The number of anilines is 1. The normalized spacial score (nSPS) is 11.0. The lowest BCUT2D eigenvalue weighted by Gasteiger charge is -2.04. The van der Waals surface area contributed by atoms with Crippen LogP contribution in [0.2, 0.25) is 5.02 Å². The number of carbonyl (C=O) groups is 1. The van der Waals surface area contributed by atoms with E-state index >= 15 is 0 Å². The smallest absolute Gasteiger partial charge is 0.227 e. The van der Waals surface area contributed by atoms with E-state index in [-0.39, 0.29) is 12.3 Å². The summed E-state index contributed by atoms with van der Waals surface area (Å²) in [5, 5.41) is 15.8. The first-order valence-corrected chi connectivity index (χ1v) is 8.43. The molecule has 0 unspecified atom stereocenters. The van der Waals surface area contributed by atoms with Crippen molar-refractivity contribution < 1.29 is 4.79 Å². The first kappa shape index (κ1) is 16.3. The number of aryl methyl sites for hydroxylation is 1. The Morgan fingerprint density at radius 3 is 2.88 bits per heavy atom. The van der Waals surface area contributed by atoms with Crippen LogP contribution in [0.5, 0.6) is 0 Å². The number of nitrogens with zero attached hydrogens (tertiary/aromatic N) is 4. The molecule has 4 rings (SSSR count). The van der Waals surface area contributed by atoms with E-state index in [0.717, 1.165) is 22.2 Å². The molecular weight excluding hydrogens is 352 g/mol. The molecule has 3 aromatic heterocycles. The Kier molecular flexibility index (Phi) is 4.37. The third-order valence-corrected chi connectivity index (χ3v) is 4.23. The minimum Gasteiger partial charge on any atom is -0.309 e. The Morgan fingerprint density at radius 1 is 1.19 bits per heavy atom. The number of carbonyl (C=O) groups excluding carboxylic acids is 1. The van der Waals surface area contributed by atoms with E-state index < -0.39 is 0 Å². The van der Waals surface area contributed by atoms with Crippen LogP contribution in [0.3, 0.4) is 0 Å². The lowest BCUT2D eigenvalue weighted by molar-refractivity contribution is -0.116. The van der Waals surface area contributed by atoms with Crippen LogP contribution < -0.4 is 5.32 Å². The molecule has 8 heteroatoms. The average Bonchev–Trinajstić information content (AvgIpc) is 3.27. The molecular formula is C18H15ClN6O. The van der Waals surface area contributed by atoms with Crippen molar-refractivity contribution in [2.24, 2.45) is 0 Å². The van der Waals surface area contributed by atoms with Gasteiger partial charge < -0.3 is 5.32 Å². The average molecular weight is 367 g/mol. The Balaban J connectivity index is 1.40. The van der Waals surface area contributed by atoms with Crippen molar-refractivity contribution >= 4 is 34.2 Å². The number of H-pyrrole nitrogens is 1. The zero-order chi connectivity index (χ0) is 17.9. The molecule has 26 heavy (non-hydrogen) atoms. The van der Waals surface area contributed by atoms with E-state index in [4.69, 9.17) is 11.6 Å². The van der Waals surface area contributed by atoms with E-state index in [2.05, 4.69) is 25.6 Å². The zero-order valence-electron chi connectivity index (χ0n) is 13.7. The molecule has 3 heterocycles. The van der Waals surface area contributed by atoms with Crippen molar-refractivity contribution in [3.63, 3.8) is 0 Å². The summed E-state index contributed by atoms with van der Waals surface area (Å²) < 4.78 is 1.77. The number of aromatic amines is 1. The highest BCUT2D eigenvalue weighted by molar-refractivity contribution is 6.31. The zero-order valence-corrected chi connectivity index (χ0v) is 14.4. The molecule has 0 fully saturated rings. The van der Waals surface area contributed by atoms with Crippen LogP contribution in [0.4, 0.5) is 5.82 Å². The molecule has 0 saturated carbocycles. The standard InChI is InChI=1S/C18H15ClN6O/c19-14-2-1-13-11-21-25(16(13)9-14)8-5-18(26)22-17-10-15(23-24-17)12-3-6-20-7-4-12/h1-4,6-7,9-11H,5,8H2,(H2,22,23,24,26). The summed E-state index contributed by atoms with van der Waals surface area (Å²) in [4.78, 5) is 16.2. The predicted octanol–water partition coefficient (Wildman–Crippen LogP) is 3.50. The minimum atomic E-state index is -0.136. The molecule has 4 aromatic rings. The number of hydrogen-bond donors (Lipinski definition) is 2. The Hall–Kier alpha value is -3.19. The van der Waals surface area contributed by atoms with Gasteiger partial charge in [-0.15, -0.1) is 0 Å². The summed E-state index contributed by atoms with van der Waals surface area (Å²) in [5.74, 6) is 0.346. The van der Waals surface area contributed by atoms with Crippen molar-refractivity contribution in [3.05, 3.63) is 60.0 Å². The highest BCUT2D eigenvalue weighted by Gasteiger charge is 2.09. The van der Waals surface area contributed by atoms with Gasteiger partial charge in [-0.2, -0.15) is 10.2 Å². The lowest BCUT2D eigenvalue weighted by atomic mass is 10.2. The van der Waals surface area contributed by atoms with Crippen molar-refractivity contribution in [1.82, 2.24) is 25.0 Å². The fraction of sp³-hybridized carbons (Fsp3) is 0.111. The minimum absolute atomic E-state index is 0.136. The van der Waals surface area contributed by atoms with Crippen LogP contribution in [0, 0.1) is 0 Å². The maximum absolute atomic E-state index is 12.2. The maximum atomic E-state index is 12.2. The van der Waals surface area contributed by atoms with E-state index in [1.807, 2.05) is 30.3 Å². The number of amides is 1. The Labute approximate surface area is 154 Å². The van der Waals surface area contributed by atoms with Gasteiger partial charge in [-0.05, 0) is 30.3 Å². The number of fused-ring (bicyclic) bond motifs is 1. The van der Waals surface area contributed by atoms with Gasteiger partial charge in [0.25, 0.3) is 0 Å². The SMILES string of the molecule is O=C(CCn1ncc2ccc(Cl)cc21)Nc1cc(-c2ccncc2)[nH]n1. The fourth-order valence-electron chi connectivity index (χ4n) is 2.70. The Morgan fingerprint density at radius 2 is 2.04 bits per heavy atom. The van der Waals surface area contributed by atoms with Gasteiger partial charge in [0, 0.05) is 40.9 Å². The van der Waals surface area contributed by atoms with E-state index in [1.165, 1.54) is 0 Å². The highest BCUT2D eigenvalue weighted by atomic mass is 35.5. The molecule has 0 atom stereocenters. The van der Waals surface area contributed by atoms with Crippen LogP contribution in [0.25, 0.3) is 22.2 Å². The van der Waals surface area contributed by atoms with Crippen molar-refractivity contribution in [1.29, 1.82) is 0 Å². The quantitative estimate of drug-likeness (QED) is 0.565. The molecule has 0 aliphatic carbocycles. The summed E-state index contributed by atoms with van der Waals surface area (Å²) in [7, 11) is 0. The molecule has 0 bridgehead atoms. The van der Waals surface area contributed by atoms with Gasteiger partial charge in [-0.3, -0.25) is 19.6 Å². The van der Waals surface area contributed by atoms with Crippen molar-refractivity contribution in [2.45, 2.75) is 13.0 Å². The van der Waals surface area contributed by atoms with Crippen LogP contribution in [0.15, 0.2) is 55.0 Å². The third kappa shape index (κ3) is 3.43. The van der Waals surface area contributed by atoms with Crippen LogP contribution in [-0.2, 0) is 11.3 Å². The van der Waals surface area contributed by atoms with Gasteiger partial charge in [0.1, 0.15) is 0 Å². The van der Waals surface area contributed by atoms with Gasteiger partial charge in [0.05, 0.1) is 24.0 Å². The number of hydrogen-bond acceptors (Lipinski definition) is 4. The monoisotopic (exact) mass is 366 g/mol. The molecule has 0 aliphatic heterocycles.